The molecule has 158 valence electrons. The zero-order chi connectivity index (χ0) is 21.7. The third kappa shape index (κ3) is 3.41. The van der Waals surface area contributed by atoms with E-state index in [0.29, 0.717) is 0 Å². The van der Waals surface area contributed by atoms with Gasteiger partial charge >= 0.3 is 6.03 Å². The van der Waals surface area contributed by atoms with Gasteiger partial charge in [-0.1, -0.05) is 69.3 Å². The fraction of sp³-hybridized carbons (Fsp3) is 0.440. The van der Waals surface area contributed by atoms with Gasteiger partial charge in [0, 0.05) is 6.04 Å². The molecule has 1 saturated heterocycles. The Morgan fingerprint density at radius 3 is 2.43 bits per heavy atom. The van der Waals surface area contributed by atoms with Gasteiger partial charge in [0.1, 0.15) is 5.54 Å². The van der Waals surface area contributed by atoms with Crippen molar-refractivity contribution < 1.29 is 9.59 Å². The second kappa shape index (κ2) is 7.24. The third-order valence-electron chi connectivity index (χ3n) is 6.60. The van der Waals surface area contributed by atoms with E-state index in [0.717, 1.165) is 18.4 Å². The Morgan fingerprint density at radius 1 is 1.10 bits per heavy atom. The molecule has 5 heteroatoms. The van der Waals surface area contributed by atoms with Crippen LogP contribution in [0, 0.1) is 0 Å². The van der Waals surface area contributed by atoms with Crippen LogP contribution in [0.4, 0.5) is 4.79 Å². The van der Waals surface area contributed by atoms with Crippen molar-refractivity contribution in [2.75, 3.05) is 13.7 Å². The van der Waals surface area contributed by atoms with E-state index in [2.05, 4.69) is 55.3 Å². The third-order valence-corrected chi connectivity index (χ3v) is 6.60. The minimum atomic E-state index is -1.04. The number of fused-ring (bicyclic) bond motifs is 1. The van der Waals surface area contributed by atoms with Crippen LogP contribution in [0.15, 0.2) is 48.5 Å². The minimum absolute atomic E-state index is 0.0364. The first-order chi connectivity index (χ1) is 14.1. The molecule has 2 aliphatic rings. The highest BCUT2D eigenvalue weighted by Crippen LogP contribution is 2.36. The summed E-state index contributed by atoms with van der Waals surface area (Å²) in [5, 5.41) is 2.93. The first-order valence-electron chi connectivity index (χ1n) is 10.6. The molecule has 3 amide bonds. The average molecular weight is 406 g/mol. The Morgan fingerprint density at radius 2 is 1.77 bits per heavy atom. The lowest BCUT2D eigenvalue weighted by Gasteiger charge is -2.29. The van der Waals surface area contributed by atoms with E-state index in [1.54, 1.807) is 6.92 Å². The summed E-state index contributed by atoms with van der Waals surface area (Å²) in [6, 6.07) is 16.3. The van der Waals surface area contributed by atoms with E-state index in [1.165, 1.54) is 21.6 Å². The summed E-state index contributed by atoms with van der Waals surface area (Å²) in [5.41, 5.74) is 3.66. The van der Waals surface area contributed by atoms with Crippen LogP contribution in [-0.2, 0) is 22.2 Å². The van der Waals surface area contributed by atoms with Gasteiger partial charge in [-0.05, 0) is 54.5 Å². The summed E-state index contributed by atoms with van der Waals surface area (Å²) in [4.78, 5) is 29.5. The van der Waals surface area contributed by atoms with Crippen LogP contribution in [0.3, 0.4) is 0 Å². The van der Waals surface area contributed by atoms with Gasteiger partial charge in [0.15, 0.2) is 0 Å². The van der Waals surface area contributed by atoms with Gasteiger partial charge < -0.3 is 5.32 Å². The van der Waals surface area contributed by atoms with Crippen molar-refractivity contribution in [3.63, 3.8) is 0 Å². The maximum Gasteiger partial charge on any atom is 0.326 e. The predicted molar refractivity (Wildman–Crippen MR) is 118 cm³/mol. The fourth-order valence-corrected chi connectivity index (χ4v) is 4.64. The lowest BCUT2D eigenvalue weighted by Crippen LogP contribution is -2.43. The summed E-state index contributed by atoms with van der Waals surface area (Å²) in [6.45, 7) is 8.55. The van der Waals surface area contributed by atoms with E-state index in [-0.39, 0.29) is 30.1 Å². The van der Waals surface area contributed by atoms with Crippen molar-refractivity contribution in [1.82, 2.24) is 15.1 Å². The van der Waals surface area contributed by atoms with Crippen molar-refractivity contribution in [1.29, 1.82) is 0 Å². The van der Waals surface area contributed by atoms with Crippen molar-refractivity contribution in [2.24, 2.45) is 0 Å². The smallest absolute Gasteiger partial charge is 0.319 e. The molecule has 2 aromatic carbocycles. The largest absolute Gasteiger partial charge is 0.326 e. The molecule has 1 aliphatic carbocycles. The first kappa shape index (κ1) is 20.6. The number of imide groups is 1. The van der Waals surface area contributed by atoms with Crippen molar-refractivity contribution in [2.45, 2.75) is 57.5 Å². The van der Waals surface area contributed by atoms with E-state index < -0.39 is 5.54 Å². The van der Waals surface area contributed by atoms with Gasteiger partial charge in [0.05, 0.1) is 6.67 Å². The number of benzene rings is 2. The standard InChI is InChI=1S/C25H31N3O2/c1-24(2,3)18-11-13-19(14-12-18)25(4)22(29)28(23(30)26-25)16-27(5)21-15-10-17-8-6-7-9-20(17)21/h6-9,11-14,21H,10,15-16H2,1-5H3,(H,26,30). The number of urea groups is 1. The highest BCUT2D eigenvalue weighted by Gasteiger charge is 2.49. The zero-order valence-electron chi connectivity index (χ0n) is 18.5. The summed E-state index contributed by atoms with van der Waals surface area (Å²) < 4.78 is 0. The van der Waals surface area contributed by atoms with E-state index in [1.807, 2.05) is 31.3 Å². The molecule has 30 heavy (non-hydrogen) atoms. The maximum atomic E-state index is 13.3. The number of hydrogen-bond acceptors (Lipinski definition) is 3. The van der Waals surface area contributed by atoms with Crippen LogP contribution >= 0.6 is 0 Å². The van der Waals surface area contributed by atoms with Gasteiger partial charge in [-0.15, -0.1) is 0 Å². The lowest BCUT2D eigenvalue weighted by atomic mass is 9.84. The second-order valence-corrected chi connectivity index (χ2v) is 9.77. The second-order valence-electron chi connectivity index (χ2n) is 9.77. The minimum Gasteiger partial charge on any atom is -0.319 e. The molecule has 4 rings (SSSR count). The molecule has 2 aromatic rings. The highest BCUT2D eigenvalue weighted by atomic mass is 16.2. The summed E-state index contributed by atoms with van der Waals surface area (Å²) in [7, 11) is 1.99. The Balaban J connectivity index is 1.53. The highest BCUT2D eigenvalue weighted by molar-refractivity contribution is 6.07. The molecule has 0 spiro atoms. The molecular formula is C25H31N3O2. The molecule has 2 atom stereocenters. The van der Waals surface area contributed by atoms with Crippen LogP contribution in [0.1, 0.15) is 62.4 Å². The molecule has 5 nitrogen and oxygen atoms in total. The molecule has 2 unspecified atom stereocenters. The van der Waals surface area contributed by atoms with Crippen LogP contribution in [0.5, 0.6) is 0 Å². The normalized spacial score (nSPS) is 23.8. The van der Waals surface area contributed by atoms with Gasteiger partial charge in [-0.25, -0.2) is 9.69 Å². The number of hydrogen-bond donors (Lipinski definition) is 1. The number of carbonyl (C=O) groups excluding carboxylic acids is 2. The quantitative estimate of drug-likeness (QED) is 0.771. The summed E-state index contributed by atoms with van der Waals surface area (Å²) in [5.74, 6) is -0.200. The molecule has 0 radical (unpaired) electrons. The van der Waals surface area contributed by atoms with Gasteiger partial charge in [0.2, 0.25) is 0 Å². The fourth-order valence-electron chi connectivity index (χ4n) is 4.64. The maximum absolute atomic E-state index is 13.3. The molecule has 1 heterocycles. The molecule has 0 saturated carbocycles. The van der Waals surface area contributed by atoms with E-state index in [4.69, 9.17) is 0 Å². The van der Waals surface area contributed by atoms with Crippen LogP contribution in [0.25, 0.3) is 0 Å². The topological polar surface area (TPSA) is 52.6 Å². The van der Waals surface area contributed by atoms with Gasteiger partial charge in [-0.3, -0.25) is 9.69 Å². The molecule has 1 fully saturated rings. The number of carbonyl (C=O) groups is 2. The lowest BCUT2D eigenvalue weighted by molar-refractivity contribution is -0.132. The molecule has 1 aliphatic heterocycles. The van der Waals surface area contributed by atoms with Crippen molar-refractivity contribution in [3.05, 3.63) is 70.8 Å². The van der Waals surface area contributed by atoms with E-state index in [9.17, 15) is 9.59 Å². The molecule has 0 aromatic heterocycles. The first-order valence-corrected chi connectivity index (χ1v) is 10.6. The Bertz CT molecular complexity index is 977. The number of nitrogens with one attached hydrogen (secondary N) is 1. The van der Waals surface area contributed by atoms with Crippen LogP contribution < -0.4 is 5.32 Å². The Kier molecular flexibility index (Phi) is 4.97. The SMILES string of the molecule is CN(CN1C(=O)NC(C)(c2ccc(C(C)(C)C)cc2)C1=O)C1CCc2ccccc21. The van der Waals surface area contributed by atoms with Crippen molar-refractivity contribution >= 4 is 11.9 Å². The number of nitrogens with zero attached hydrogens (tertiary/aromatic N) is 2. The average Bonchev–Trinajstić information content (AvgIpc) is 3.23. The van der Waals surface area contributed by atoms with Crippen molar-refractivity contribution in [3.8, 4) is 0 Å². The Hall–Kier alpha value is -2.66. The van der Waals surface area contributed by atoms with Gasteiger partial charge in [0.25, 0.3) is 5.91 Å². The van der Waals surface area contributed by atoms with Crippen LogP contribution in [-0.4, -0.2) is 35.5 Å². The number of amides is 3. The number of aryl methyl sites for hydroxylation is 1. The molecule has 1 N–H and O–H groups in total. The van der Waals surface area contributed by atoms with Crippen LogP contribution in [0.2, 0.25) is 0 Å². The number of rotatable bonds is 4. The summed E-state index contributed by atoms with van der Waals surface area (Å²) >= 11 is 0. The van der Waals surface area contributed by atoms with E-state index >= 15 is 0 Å². The predicted octanol–water partition coefficient (Wildman–Crippen LogP) is 4.33. The Labute approximate surface area is 179 Å². The molecular weight excluding hydrogens is 374 g/mol. The molecule has 0 bridgehead atoms. The zero-order valence-corrected chi connectivity index (χ0v) is 18.5. The van der Waals surface area contributed by atoms with Gasteiger partial charge in [-0.2, -0.15) is 0 Å². The monoisotopic (exact) mass is 405 g/mol. The summed E-state index contributed by atoms with van der Waals surface area (Å²) in [6.07, 6.45) is 2.04.